The number of thioether (sulfide) groups is 1. The molecule has 0 aliphatic rings. The predicted octanol–water partition coefficient (Wildman–Crippen LogP) is 4.79. The van der Waals surface area contributed by atoms with Crippen LogP contribution < -0.4 is 5.32 Å². The lowest BCUT2D eigenvalue weighted by molar-refractivity contribution is -0.113. The van der Waals surface area contributed by atoms with E-state index in [1.807, 2.05) is 41.8 Å². The first-order valence-corrected chi connectivity index (χ1v) is 11.4. The molecule has 2 heterocycles. The molecule has 0 radical (unpaired) electrons. The largest absolute Gasteiger partial charge is 0.345 e. The van der Waals surface area contributed by atoms with Crippen LogP contribution in [0.25, 0.3) is 21.6 Å². The first kappa shape index (κ1) is 21.0. The topological polar surface area (TPSA) is 75.2 Å². The fraction of sp³-hybridized carbons (Fsp3) is 0.130. The van der Waals surface area contributed by atoms with Crippen LogP contribution in [0.15, 0.2) is 71.1 Å². The lowest BCUT2D eigenvalue weighted by atomic mass is 10.2. The molecule has 6 nitrogen and oxygen atoms in total. The Morgan fingerprint density at radius 3 is 2.48 bits per heavy atom. The van der Waals surface area contributed by atoms with Crippen LogP contribution in [0.5, 0.6) is 0 Å². The molecule has 0 saturated carbocycles. The minimum atomic E-state index is -0.142. The Labute approximate surface area is 188 Å². The molecular weight excluding hydrogens is 428 g/mol. The molecule has 1 N–H and O–H groups in total. The van der Waals surface area contributed by atoms with Gasteiger partial charge in [0, 0.05) is 30.7 Å². The number of nitrogens with zero attached hydrogens (tertiary/aromatic N) is 3. The maximum atomic E-state index is 12.5. The molecule has 0 unspecified atom stereocenters. The van der Waals surface area contributed by atoms with E-state index >= 15 is 0 Å². The van der Waals surface area contributed by atoms with Gasteiger partial charge in [-0.1, -0.05) is 36.0 Å². The summed E-state index contributed by atoms with van der Waals surface area (Å²) in [5, 5.41) is 6.56. The smallest absolute Gasteiger partial charge is 0.253 e. The Morgan fingerprint density at radius 2 is 1.77 bits per heavy atom. The molecule has 2 aromatic heterocycles. The number of para-hydroxylation sites is 1. The van der Waals surface area contributed by atoms with Crippen molar-refractivity contribution in [2.45, 2.75) is 5.03 Å². The molecule has 0 aliphatic carbocycles. The molecule has 0 saturated heterocycles. The van der Waals surface area contributed by atoms with Gasteiger partial charge in [-0.05, 0) is 41.8 Å². The highest BCUT2D eigenvalue weighted by Gasteiger charge is 2.13. The van der Waals surface area contributed by atoms with Gasteiger partial charge in [0.05, 0.1) is 16.1 Å². The van der Waals surface area contributed by atoms with Crippen LogP contribution in [-0.4, -0.2) is 46.5 Å². The van der Waals surface area contributed by atoms with Crippen LogP contribution >= 0.6 is 23.1 Å². The van der Waals surface area contributed by atoms with E-state index in [0.29, 0.717) is 17.1 Å². The molecule has 156 valence electrons. The number of carbonyl (C=O) groups is 2. The van der Waals surface area contributed by atoms with Gasteiger partial charge in [-0.2, -0.15) is 0 Å². The summed E-state index contributed by atoms with van der Waals surface area (Å²) in [6, 6.07) is 18.6. The standard InChI is InChI=1S/C23H20N4O2S2/c1-27(2)23(29)15-9-11-16(12-10-15)24-20(28)14-31-22-17-6-3-4-7-18(17)25-21(26-22)19-8-5-13-30-19/h3-13H,14H2,1-2H3,(H,24,28). The van der Waals surface area contributed by atoms with E-state index in [0.717, 1.165) is 20.8 Å². The number of aromatic nitrogens is 2. The third kappa shape index (κ3) is 4.92. The van der Waals surface area contributed by atoms with E-state index in [-0.39, 0.29) is 17.6 Å². The number of thiophene rings is 1. The number of rotatable bonds is 6. The van der Waals surface area contributed by atoms with Crippen molar-refractivity contribution in [1.29, 1.82) is 0 Å². The fourth-order valence-electron chi connectivity index (χ4n) is 2.96. The zero-order valence-corrected chi connectivity index (χ0v) is 18.7. The Balaban J connectivity index is 1.47. The van der Waals surface area contributed by atoms with E-state index in [1.54, 1.807) is 49.7 Å². The van der Waals surface area contributed by atoms with E-state index in [4.69, 9.17) is 4.98 Å². The van der Waals surface area contributed by atoms with Gasteiger partial charge in [0.1, 0.15) is 5.03 Å². The summed E-state index contributed by atoms with van der Waals surface area (Å²) in [5.41, 5.74) is 2.07. The second kappa shape index (κ2) is 9.28. The minimum Gasteiger partial charge on any atom is -0.345 e. The van der Waals surface area contributed by atoms with Crippen molar-refractivity contribution in [1.82, 2.24) is 14.9 Å². The number of amides is 2. The van der Waals surface area contributed by atoms with Gasteiger partial charge in [-0.3, -0.25) is 9.59 Å². The Bertz CT molecular complexity index is 1220. The summed E-state index contributed by atoms with van der Waals surface area (Å²) in [5.74, 6) is 0.656. The predicted molar refractivity (Wildman–Crippen MR) is 127 cm³/mol. The van der Waals surface area contributed by atoms with Crippen molar-refractivity contribution in [3.63, 3.8) is 0 Å². The third-order valence-electron chi connectivity index (χ3n) is 4.47. The zero-order valence-electron chi connectivity index (χ0n) is 17.0. The zero-order chi connectivity index (χ0) is 21.8. The van der Waals surface area contributed by atoms with Gasteiger partial charge in [0.25, 0.3) is 5.91 Å². The maximum absolute atomic E-state index is 12.5. The third-order valence-corrected chi connectivity index (χ3v) is 6.33. The Kier molecular flexibility index (Phi) is 6.29. The average molecular weight is 449 g/mol. The lowest BCUT2D eigenvalue weighted by Crippen LogP contribution is -2.21. The van der Waals surface area contributed by atoms with Crippen LogP contribution in [0.2, 0.25) is 0 Å². The summed E-state index contributed by atoms with van der Waals surface area (Å²) < 4.78 is 0. The Morgan fingerprint density at radius 1 is 1.00 bits per heavy atom. The van der Waals surface area contributed by atoms with Gasteiger partial charge < -0.3 is 10.2 Å². The maximum Gasteiger partial charge on any atom is 0.253 e. The number of fused-ring (bicyclic) bond motifs is 1. The molecule has 0 aliphatic heterocycles. The molecule has 4 rings (SSSR count). The number of hydrogen-bond donors (Lipinski definition) is 1. The van der Waals surface area contributed by atoms with Gasteiger partial charge in [0.15, 0.2) is 5.82 Å². The molecule has 0 bridgehead atoms. The van der Waals surface area contributed by atoms with Crippen molar-refractivity contribution < 1.29 is 9.59 Å². The molecule has 0 fully saturated rings. The molecular formula is C23H20N4O2S2. The summed E-state index contributed by atoms with van der Waals surface area (Å²) in [7, 11) is 3.41. The highest BCUT2D eigenvalue weighted by Crippen LogP contribution is 2.30. The highest BCUT2D eigenvalue weighted by atomic mass is 32.2. The van der Waals surface area contributed by atoms with E-state index < -0.39 is 0 Å². The highest BCUT2D eigenvalue weighted by molar-refractivity contribution is 8.00. The molecule has 0 spiro atoms. The summed E-state index contributed by atoms with van der Waals surface area (Å²) >= 11 is 2.97. The van der Waals surface area contributed by atoms with E-state index in [9.17, 15) is 9.59 Å². The Hall–Kier alpha value is -3.23. The molecule has 2 aromatic carbocycles. The molecule has 8 heteroatoms. The van der Waals surface area contributed by atoms with Crippen LogP contribution in [-0.2, 0) is 4.79 Å². The van der Waals surface area contributed by atoms with E-state index in [2.05, 4.69) is 10.3 Å². The number of hydrogen-bond acceptors (Lipinski definition) is 6. The second-order valence-electron chi connectivity index (χ2n) is 6.96. The van der Waals surface area contributed by atoms with Crippen molar-refractivity contribution in [2.24, 2.45) is 0 Å². The van der Waals surface area contributed by atoms with Crippen molar-refractivity contribution in [3.05, 3.63) is 71.6 Å². The molecule has 4 aromatic rings. The van der Waals surface area contributed by atoms with Crippen LogP contribution in [0.3, 0.4) is 0 Å². The van der Waals surface area contributed by atoms with Crippen molar-refractivity contribution in [2.75, 3.05) is 25.2 Å². The second-order valence-corrected chi connectivity index (χ2v) is 8.87. The van der Waals surface area contributed by atoms with Gasteiger partial charge in [0.2, 0.25) is 5.91 Å². The molecule has 31 heavy (non-hydrogen) atoms. The molecule has 0 atom stereocenters. The first-order valence-electron chi connectivity index (χ1n) is 9.56. The summed E-state index contributed by atoms with van der Waals surface area (Å²) in [6.07, 6.45) is 0. The summed E-state index contributed by atoms with van der Waals surface area (Å²) in [4.78, 5) is 36.4. The average Bonchev–Trinajstić information content (AvgIpc) is 3.32. The number of carbonyl (C=O) groups excluding carboxylic acids is 2. The number of anilines is 1. The van der Waals surface area contributed by atoms with Crippen LogP contribution in [0.1, 0.15) is 10.4 Å². The number of benzene rings is 2. The van der Waals surface area contributed by atoms with Gasteiger partial charge in [-0.15, -0.1) is 11.3 Å². The van der Waals surface area contributed by atoms with Gasteiger partial charge in [-0.25, -0.2) is 9.97 Å². The normalized spacial score (nSPS) is 10.8. The SMILES string of the molecule is CN(C)C(=O)c1ccc(NC(=O)CSc2nc(-c3cccs3)nc3ccccc23)cc1. The summed E-state index contributed by atoms with van der Waals surface area (Å²) in [6.45, 7) is 0. The monoisotopic (exact) mass is 448 g/mol. The van der Waals surface area contributed by atoms with Gasteiger partial charge >= 0.3 is 0 Å². The quantitative estimate of drug-likeness (QED) is 0.339. The fourth-order valence-corrected chi connectivity index (χ4v) is 4.44. The molecule has 2 amide bonds. The van der Waals surface area contributed by atoms with Crippen LogP contribution in [0, 0.1) is 0 Å². The minimum absolute atomic E-state index is 0.0781. The van der Waals surface area contributed by atoms with Crippen LogP contribution in [0.4, 0.5) is 5.69 Å². The first-order chi connectivity index (χ1) is 15.0. The lowest BCUT2D eigenvalue weighted by Gasteiger charge is -2.11. The van der Waals surface area contributed by atoms with Crippen molar-refractivity contribution >= 4 is 51.5 Å². The van der Waals surface area contributed by atoms with E-state index in [1.165, 1.54) is 16.7 Å². The van der Waals surface area contributed by atoms with Crippen molar-refractivity contribution in [3.8, 4) is 10.7 Å². The number of nitrogens with one attached hydrogen (secondary N) is 1.